The quantitative estimate of drug-likeness (QED) is 0.662. The molecule has 0 spiro atoms. The molecule has 0 radical (unpaired) electrons. The van der Waals surface area contributed by atoms with E-state index in [0.29, 0.717) is 18.5 Å². The van der Waals surface area contributed by atoms with Crippen LogP contribution in [0.1, 0.15) is 39.2 Å². The lowest BCUT2D eigenvalue weighted by Crippen LogP contribution is -2.35. The summed E-state index contributed by atoms with van der Waals surface area (Å²) in [7, 11) is 3.00. The van der Waals surface area contributed by atoms with Gasteiger partial charge in [-0.25, -0.2) is 0 Å². The molecule has 0 unspecified atom stereocenters. The van der Waals surface area contributed by atoms with Gasteiger partial charge in [0.25, 0.3) is 0 Å². The predicted octanol–water partition coefficient (Wildman–Crippen LogP) is 3.20. The fourth-order valence-electron chi connectivity index (χ4n) is 2.27. The fraction of sp³-hybridized carbons (Fsp3) is 0.579. The standard InChI is InChI=1S/C19H28F2N2O4/c1-19(2,3)17(25)22-10-6-7-16(24)23(4)12-13-8-9-14(26-5)15(11-13)27-18(20)21/h8-9,11,18H,6-7,10,12H2,1-5H3,(H,22,25). The van der Waals surface area contributed by atoms with Gasteiger partial charge in [0.15, 0.2) is 11.5 Å². The summed E-state index contributed by atoms with van der Waals surface area (Å²) < 4.78 is 34.4. The van der Waals surface area contributed by atoms with Crippen molar-refractivity contribution in [2.24, 2.45) is 5.41 Å². The van der Waals surface area contributed by atoms with E-state index in [-0.39, 0.29) is 36.3 Å². The molecule has 0 aromatic heterocycles. The highest BCUT2D eigenvalue weighted by Crippen LogP contribution is 2.29. The number of hydrogen-bond acceptors (Lipinski definition) is 4. The summed E-state index contributed by atoms with van der Waals surface area (Å²) in [6.07, 6.45) is 0.796. The number of nitrogens with zero attached hydrogens (tertiary/aromatic N) is 1. The van der Waals surface area contributed by atoms with E-state index in [2.05, 4.69) is 10.1 Å². The van der Waals surface area contributed by atoms with Crippen molar-refractivity contribution in [3.05, 3.63) is 23.8 Å². The van der Waals surface area contributed by atoms with Gasteiger partial charge in [-0.3, -0.25) is 9.59 Å². The summed E-state index contributed by atoms with van der Waals surface area (Å²) in [6.45, 7) is 3.17. The zero-order valence-electron chi connectivity index (χ0n) is 16.5. The Balaban J connectivity index is 2.54. The predicted molar refractivity (Wildman–Crippen MR) is 97.8 cm³/mol. The number of hydrogen-bond donors (Lipinski definition) is 1. The van der Waals surface area contributed by atoms with Gasteiger partial charge >= 0.3 is 6.61 Å². The van der Waals surface area contributed by atoms with E-state index in [9.17, 15) is 18.4 Å². The third-order valence-electron chi connectivity index (χ3n) is 3.82. The molecule has 152 valence electrons. The maximum Gasteiger partial charge on any atom is 0.387 e. The molecule has 0 atom stereocenters. The minimum atomic E-state index is -2.96. The van der Waals surface area contributed by atoms with Crippen LogP contribution in [-0.2, 0) is 16.1 Å². The van der Waals surface area contributed by atoms with Crippen LogP contribution < -0.4 is 14.8 Å². The maximum atomic E-state index is 12.5. The number of amides is 2. The Kier molecular flexibility index (Phi) is 8.46. The Morgan fingerprint density at radius 1 is 1.22 bits per heavy atom. The SMILES string of the molecule is COc1ccc(CN(C)C(=O)CCCNC(=O)C(C)(C)C)cc1OC(F)F. The Bertz CT molecular complexity index is 645. The van der Waals surface area contributed by atoms with Crippen LogP contribution in [0.5, 0.6) is 11.5 Å². The first-order valence-corrected chi connectivity index (χ1v) is 8.68. The number of rotatable bonds is 9. The molecule has 2 amide bonds. The van der Waals surface area contributed by atoms with Gasteiger partial charge in [0.1, 0.15) is 0 Å². The molecule has 0 fully saturated rings. The normalized spacial score (nSPS) is 11.3. The molecule has 6 nitrogen and oxygen atoms in total. The minimum Gasteiger partial charge on any atom is -0.493 e. The van der Waals surface area contributed by atoms with E-state index in [4.69, 9.17) is 4.74 Å². The van der Waals surface area contributed by atoms with Gasteiger partial charge in [-0.1, -0.05) is 26.8 Å². The number of ether oxygens (including phenoxy) is 2. The Labute approximate surface area is 158 Å². The largest absolute Gasteiger partial charge is 0.493 e. The molecule has 0 saturated heterocycles. The van der Waals surface area contributed by atoms with Crippen molar-refractivity contribution in [3.63, 3.8) is 0 Å². The fourth-order valence-corrected chi connectivity index (χ4v) is 2.27. The van der Waals surface area contributed by atoms with Crippen LogP contribution in [0.4, 0.5) is 8.78 Å². The smallest absolute Gasteiger partial charge is 0.387 e. The van der Waals surface area contributed by atoms with E-state index in [1.807, 2.05) is 20.8 Å². The molecule has 0 aliphatic rings. The summed E-state index contributed by atoms with van der Waals surface area (Å²) in [5, 5.41) is 2.79. The molecule has 1 rings (SSSR count). The lowest BCUT2D eigenvalue weighted by Gasteiger charge is -2.20. The van der Waals surface area contributed by atoms with Crippen molar-refractivity contribution in [1.29, 1.82) is 0 Å². The first-order valence-electron chi connectivity index (χ1n) is 8.68. The van der Waals surface area contributed by atoms with E-state index >= 15 is 0 Å². The zero-order chi connectivity index (χ0) is 20.6. The van der Waals surface area contributed by atoms with Crippen LogP contribution >= 0.6 is 0 Å². The van der Waals surface area contributed by atoms with Crippen molar-refractivity contribution in [3.8, 4) is 11.5 Å². The highest BCUT2D eigenvalue weighted by Gasteiger charge is 2.20. The molecular formula is C19H28F2N2O4. The third kappa shape index (κ3) is 7.80. The molecule has 8 heteroatoms. The molecule has 0 aliphatic heterocycles. The minimum absolute atomic E-state index is 0.0619. The number of benzene rings is 1. The van der Waals surface area contributed by atoms with Crippen molar-refractivity contribution in [2.75, 3.05) is 20.7 Å². The van der Waals surface area contributed by atoms with Crippen LogP contribution in [-0.4, -0.2) is 44.0 Å². The lowest BCUT2D eigenvalue weighted by atomic mass is 9.96. The van der Waals surface area contributed by atoms with Gasteiger partial charge in [0, 0.05) is 32.0 Å². The van der Waals surface area contributed by atoms with E-state index in [1.54, 1.807) is 13.1 Å². The number of nitrogens with one attached hydrogen (secondary N) is 1. The summed E-state index contributed by atoms with van der Waals surface area (Å²) in [5.41, 5.74) is 0.177. The average molecular weight is 386 g/mol. The van der Waals surface area contributed by atoms with Crippen LogP contribution in [0.25, 0.3) is 0 Å². The highest BCUT2D eigenvalue weighted by atomic mass is 19.3. The van der Waals surface area contributed by atoms with Crippen LogP contribution in [0.3, 0.4) is 0 Å². The average Bonchev–Trinajstić information content (AvgIpc) is 2.57. The van der Waals surface area contributed by atoms with Gasteiger partial charge in [-0.15, -0.1) is 0 Å². The molecule has 1 aromatic rings. The Morgan fingerprint density at radius 3 is 2.44 bits per heavy atom. The number of halogens is 2. The second kappa shape index (κ2) is 10.1. The first kappa shape index (κ1) is 22.7. The monoisotopic (exact) mass is 386 g/mol. The topological polar surface area (TPSA) is 67.9 Å². The van der Waals surface area contributed by atoms with Crippen molar-refractivity contribution < 1.29 is 27.8 Å². The number of carbonyl (C=O) groups is 2. The molecule has 27 heavy (non-hydrogen) atoms. The van der Waals surface area contributed by atoms with Crippen molar-refractivity contribution in [2.45, 2.75) is 46.8 Å². The molecule has 1 N–H and O–H groups in total. The van der Waals surface area contributed by atoms with Gasteiger partial charge in [-0.05, 0) is 24.1 Å². The van der Waals surface area contributed by atoms with Gasteiger partial charge in [-0.2, -0.15) is 8.78 Å². The van der Waals surface area contributed by atoms with Crippen molar-refractivity contribution >= 4 is 11.8 Å². The first-order chi connectivity index (χ1) is 12.5. The summed E-state index contributed by atoms with van der Waals surface area (Å²) in [5.74, 6) is -0.0430. The second-order valence-electron chi connectivity index (χ2n) is 7.22. The number of alkyl halides is 2. The molecule has 0 bridgehead atoms. The Hall–Kier alpha value is -2.38. The second-order valence-corrected chi connectivity index (χ2v) is 7.22. The summed E-state index contributed by atoms with van der Waals surface area (Å²) >= 11 is 0. The van der Waals surface area contributed by atoms with Crippen LogP contribution in [0, 0.1) is 5.41 Å². The highest BCUT2D eigenvalue weighted by molar-refractivity contribution is 5.81. The van der Waals surface area contributed by atoms with Gasteiger partial charge in [0.05, 0.1) is 7.11 Å². The molecular weight excluding hydrogens is 358 g/mol. The lowest BCUT2D eigenvalue weighted by molar-refractivity contribution is -0.131. The number of methoxy groups -OCH3 is 1. The molecule has 0 saturated carbocycles. The summed E-state index contributed by atoms with van der Waals surface area (Å²) in [6, 6.07) is 4.64. The van der Waals surface area contributed by atoms with Crippen molar-refractivity contribution in [1.82, 2.24) is 10.2 Å². The van der Waals surface area contributed by atoms with Gasteiger partial charge < -0.3 is 19.7 Å². The maximum absolute atomic E-state index is 12.5. The zero-order valence-corrected chi connectivity index (χ0v) is 16.5. The van der Waals surface area contributed by atoms with E-state index in [0.717, 1.165) is 0 Å². The number of carbonyl (C=O) groups excluding carboxylic acids is 2. The summed E-state index contributed by atoms with van der Waals surface area (Å²) in [4.78, 5) is 25.5. The van der Waals surface area contributed by atoms with E-state index < -0.39 is 12.0 Å². The molecule has 0 heterocycles. The molecule has 1 aromatic carbocycles. The van der Waals surface area contributed by atoms with E-state index in [1.165, 1.54) is 24.1 Å². The van der Waals surface area contributed by atoms with Crippen LogP contribution in [0.2, 0.25) is 0 Å². The van der Waals surface area contributed by atoms with Crippen LogP contribution in [0.15, 0.2) is 18.2 Å². The van der Waals surface area contributed by atoms with Gasteiger partial charge in [0.2, 0.25) is 11.8 Å². The Morgan fingerprint density at radius 2 is 1.89 bits per heavy atom. The third-order valence-corrected chi connectivity index (χ3v) is 3.82. The molecule has 0 aliphatic carbocycles.